The topological polar surface area (TPSA) is 94.3 Å². The standard InChI is InChI=1S/C17H21N3O4/c1-4-11(2)15(18-16(21)13-8-6-5-7-9-13)17(22)23-10-14-20-19-12(3)24-14/h5-9,11,15H,4,10H2,1-3H3,(H,18,21)/t11-,15+/m0/s1. The van der Waals surface area contributed by atoms with Crippen molar-refractivity contribution in [3.63, 3.8) is 0 Å². The number of benzene rings is 1. The van der Waals surface area contributed by atoms with Gasteiger partial charge >= 0.3 is 5.97 Å². The van der Waals surface area contributed by atoms with Crippen molar-refractivity contribution in [3.05, 3.63) is 47.7 Å². The Kier molecular flexibility index (Phi) is 6.06. The van der Waals surface area contributed by atoms with E-state index in [1.807, 2.05) is 19.9 Å². The molecule has 0 unspecified atom stereocenters. The minimum Gasteiger partial charge on any atom is -0.454 e. The van der Waals surface area contributed by atoms with Gasteiger partial charge in [-0.2, -0.15) is 0 Å². The Labute approximate surface area is 140 Å². The number of aromatic nitrogens is 2. The Bertz CT molecular complexity index is 684. The van der Waals surface area contributed by atoms with Gasteiger partial charge in [0.1, 0.15) is 6.04 Å². The highest BCUT2D eigenvalue weighted by Gasteiger charge is 2.28. The van der Waals surface area contributed by atoms with Crippen LogP contribution in [-0.2, 0) is 16.1 Å². The zero-order valence-corrected chi connectivity index (χ0v) is 14.0. The Morgan fingerprint density at radius 3 is 2.54 bits per heavy atom. The molecule has 1 heterocycles. The molecule has 1 N–H and O–H groups in total. The summed E-state index contributed by atoms with van der Waals surface area (Å²) in [6.45, 7) is 5.36. The molecule has 0 aliphatic carbocycles. The summed E-state index contributed by atoms with van der Waals surface area (Å²) in [6, 6.07) is 7.99. The van der Waals surface area contributed by atoms with Gasteiger partial charge in [-0.15, -0.1) is 10.2 Å². The van der Waals surface area contributed by atoms with Gasteiger partial charge < -0.3 is 14.5 Å². The fraction of sp³-hybridized carbons (Fsp3) is 0.412. The number of nitrogens with one attached hydrogen (secondary N) is 1. The zero-order chi connectivity index (χ0) is 17.5. The first-order valence-corrected chi connectivity index (χ1v) is 7.82. The van der Waals surface area contributed by atoms with Crippen LogP contribution in [0.15, 0.2) is 34.7 Å². The molecule has 7 nitrogen and oxygen atoms in total. The molecule has 2 aromatic rings. The van der Waals surface area contributed by atoms with E-state index >= 15 is 0 Å². The van der Waals surface area contributed by atoms with Crippen LogP contribution in [0.4, 0.5) is 0 Å². The fourth-order valence-electron chi connectivity index (χ4n) is 2.10. The molecule has 7 heteroatoms. The predicted octanol–water partition coefficient (Wildman–Crippen LogP) is 2.27. The number of esters is 1. The van der Waals surface area contributed by atoms with Gasteiger partial charge in [-0.1, -0.05) is 38.5 Å². The van der Waals surface area contributed by atoms with Gasteiger partial charge in [-0.3, -0.25) is 4.79 Å². The number of hydrogen-bond donors (Lipinski definition) is 1. The van der Waals surface area contributed by atoms with E-state index in [2.05, 4.69) is 15.5 Å². The Balaban J connectivity index is 2.01. The van der Waals surface area contributed by atoms with Gasteiger partial charge in [0, 0.05) is 12.5 Å². The maximum atomic E-state index is 12.4. The lowest BCUT2D eigenvalue weighted by molar-refractivity contribution is -0.149. The van der Waals surface area contributed by atoms with Gasteiger partial charge in [0.25, 0.3) is 11.8 Å². The second kappa shape index (κ2) is 8.24. The maximum absolute atomic E-state index is 12.4. The van der Waals surface area contributed by atoms with E-state index in [9.17, 15) is 9.59 Å². The van der Waals surface area contributed by atoms with Crippen molar-refractivity contribution in [1.29, 1.82) is 0 Å². The van der Waals surface area contributed by atoms with Crippen molar-refractivity contribution >= 4 is 11.9 Å². The number of rotatable bonds is 7. The molecule has 0 aliphatic rings. The molecule has 1 amide bonds. The number of carbonyl (C=O) groups is 2. The first kappa shape index (κ1) is 17.7. The highest BCUT2D eigenvalue weighted by atomic mass is 16.5. The van der Waals surface area contributed by atoms with Gasteiger partial charge in [-0.25, -0.2) is 4.79 Å². The summed E-state index contributed by atoms with van der Waals surface area (Å²) in [5, 5.41) is 10.2. The van der Waals surface area contributed by atoms with Crippen molar-refractivity contribution in [2.24, 2.45) is 5.92 Å². The molecule has 24 heavy (non-hydrogen) atoms. The molecule has 0 spiro atoms. The van der Waals surface area contributed by atoms with Gasteiger partial charge in [0.15, 0.2) is 6.61 Å². The van der Waals surface area contributed by atoms with E-state index in [1.165, 1.54) is 0 Å². The Hall–Kier alpha value is -2.70. The Morgan fingerprint density at radius 2 is 1.96 bits per heavy atom. The van der Waals surface area contributed by atoms with Gasteiger partial charge in [-0.05, 0) is 18.1 Å². The summed E-state index contributed by atoms with van der Waals surface area (Å²) < 4.78 is 10.4. The fourth-order valence-corrected chi connectivity index (χ4v) is 2.10. The zero-order valence-electron chi connectivity index (χ0n) is 14.0. The van der Waals surface area contributed by atoms with Crippen LogP contribution >= 0.6 is 0 Å². The molecule has 2 rings (SSSR count). The Morgan fingerprint density at radius 1 is 1.25 bits per heavy atom. The third-order valence-corrected chi connectivity index (χ3v) is 3.70. The second-order valence-electron chi connectivity index (χ2n) is 5.53. The number of carbonyl (C=O) groups excluding carboxylic acids is 2. The first-order chi connectivity index (χ1) is 11.5. The molecule has 1 aromatic carbocycles. The van der Waals surface area contributed by atoms with Crippen LogP contribution < -0.4 is 5.32 Å². The van der Waals surface area contributed by atoms with Crippen LogP contribution in [0.25, 0.3) is 0 Å². The molecule has 0 aliphatic heterocycles. The van der Waals surface area contributed by atoms with E-state index < -0.39 is 12.0 Å². The van der Waals surface area contributed by atoms with E-state index in [0.29, 0.717) is 17.9 Å². The molecular weight excluding hydrogens is 310 g/mol. The van der Waals surface area contributed by atoms with Crippen molar-refractivity contribution in [3.8, 4) is 0 Å². The third-order valence-electron chi connectivity index (χ3n) is 3.70. The summed E-state index contributed by atoms with van der Waals surface area (Å²) in [7, 11) is 0. The number of aryl methyl sites for hydroxylation is 1. The molecule has 128 valence electrons. The molecule has 1 aromatic heterocycles. The average molecular weight is 331 g/mol. The summed E-state index contributed by atoms with van der Waals surface area (Å²) >= 11 is 0. The highest BCUT2D eigenvalue weighted by molar-refractivity contribution is 5.96. The molecule has 0 saturated carbocycles. The van der Waals surface area contributed by atoms with Crippen LogP contribution in [0.3, 0.4) is 0 Å². The summed E-state index contributed by atoms with van der Waals surface area (Å²) in [6.07, 6.45) is 0.717. The van der Waals surface area contributed by atoms with Crippen molar-refractivity contribution in [1.82, 2.24) is 15.5 Å². The molecular formula is C17H21N3O4. The van der Waals surface area contributed by atoms with Crippen molar-refractivity contribution in [2.75, 3.05) is 0 Å². The number of amides is 1. The lowest BCUT2D eigenvalue weighted by Crippen LogP contribution is -2.45. The maximum Gasteiger partial charge on any atom is 0.329 e. The minimum atomic E-state index is -0.744. The summed E-state index contributed by atoms with van der Waals surface area (Å²) in [5.41, 5.74) is 0.492. The molecule has 0 fully saturated rings. The molecule has 0 saturated heterocycles. The van der Waals surface area contributed by atoms with Crippen LogP contribution in [0.1, 0.15) is 42.4 Å². The lowest BCUT2D eigenvalue weighted by Gasteiger charge is -2.22. The van der Waals surface area contributed by atoms with E-state index in [0.717, 1.165) is 0 Å². The lowest BCUT2D eigenvalue weighted by atomic mass is 9.99. The van der Waals surface area contributed by atoms with Gasteiger partial charge in [0.05, 0.1) is 0 Å². The minimum absolute atomic E-state index is 0.0745. The van der Waals surface area contributed by atoms with Crippen molar-refractivity contribution in [2.45, 2.75) is 39.8 Å². The largest absolute Gasteiger partial charge is 0.454 e. The van der Waals surface area contributed by atoms with Crippen LogP contribution in [0, 0.1) is 12.8 Å². The number of hydrogen-bond acceptors (Lipinski definition) is 6. The monoisotopic (exact) mass is 331 g/mol. The first-order valence-electron chi connectivity index (χ1n) is 7.82. The SMILES string of the molecule is CC[C@H](C)[C@@H](NC(=O)c1ccccc1)C(=O)OCc1nnc(C)o1. The normalized spacial score (nSPS) is 13.1. The molecule has 2 atom stereocenters. The second-order valence-corrected chi connectivity index (χ2v) is 5.53. The van der Waals surface area contributed by atoms with E-state index in [4.69, 9.17) is 9.15 Å². The average Bonchev–Trinajstić information content (AvgIpc) is 3.02. The number of nitrogens with zero attached hydrogens (tertiary/aromatic N) is 2. The molecule has 0 radical (unpaired) electrons. The van der Waals surface area contributed by atoms with E-state index in [1.54, 1.807) is 31.2 Å². The summed E-state index contributed by atoms with van der Waals surface area (Å²) in [4.78, 5) is 24.7. The van der Waals surface area contributed by atoms with Crippen LogP contribution in [0.5, 0.6) is 0 Å². The number of ether oxygens (including phenoxy) is 1. The smallest absolute Gasteiger partial charge is 0.329 e. The highest BCUT2D eigenvalue weighted by Crippen LogP contribution is 2.12. The van der Waals surface area contributed by atoms with Crippen molar-refractivity contribution < 1.29 is 18.7 Å². The van der Waals surface area contributed by atoms with Crippen LogP contribution in [0.2, 0.25) is 0 Å². The third kappa shape index (κ3) is 4.65. The quantitative estimate of drug-likeness (QED) is 0.782. The van der Waals surface area contributed by atoms with Crippen LogP contribution in [-0.4, -0.2) is 28.1 Å². The predicted molar refractivity (Wildman–Crippen MR) is 86.0 cm³/mol. The van der Waals surface area contributed by atoms with E-state index in [-0.39, 0.29) is 24.3 Å². The summed E-state index contributed by atoms with van der Waals surface area (Å²) in [5.74, 6) is -0.291. The van der Waals surface area contributed by atoms with Gasteiger partial charge in [0.2, 0.25) is 5.89 Å². The molecule has 0 bridgehead atoms.